The molecule has 3 aromatic rings. The maximum absolute atomic E-state index is 9.74. The number of para-hydroxylation sites is 1. The average Bonchev–Trinajstić information content (AvgIpc) is 2.99. The van der Waals surface area contributed by atoms with Gasteiger partial charge in [0.25, 0.3) is 0 Å². The molecule has 22 heavy (non-hydrogen) atoms. The normalized spacial score (nSPS) is 18.8. The second kappa shape index (κ2) is 5.40. The van der Waals surface area contributed by atoms with E-state index in [4.69, 9.17) is 0 Å². The third-order valence-electron chi connectivity index (χ3n) is 3.97. The number of nitrogens with one attached hydrogen (secondary N) is 2. The first-order valence-electron chi connectivity index (χ1n) is 7.37. The minimum absolute atomic E-state index is 0.509. The van der Waals surface area contributed by atoms with Gasteiger partial charge in [-0.3, -0.25) is 10.4 Å². The highest BCUT2D eigenvalue weighted by atomic mass is 16.3. The van der Waals surface area contributed by atoms with Crippen molar-refractivity contribution in [3.8, 4) is 11.3 Å². The van der Waals surface area contributed by atoms with E-state index in [9.17, 15) is 5.11 Å². The number of aromatic nitrogens is 3. The summed E-state index contributed by atoms with van der Waals surface area (Å²) in [5, 5.41) is 21.3. The maximum atomic E-state index is 9.74. The SMILES string of the molecule is OC1CN(c2cc(-c3n[nH]c4ccccc34)ccn2)CCN1. The molecular weight excluding hydrogens is 278 g/mol. The highest BCUT2D eigenvalue weighted by molar-refractivity contribution is 5.93. The molecule has 1 fully saturated rings. The van der Waals surface area contributed by atoms with Crippen LogP contribution in [0.3, 0.4) is 0 Å². The van der Waals surface area contributed by atoms with E-state index in [1.54, 1.807) is 6.20 Å². The number of benzene rings is 1. The van der Waals surface area contributed by atoms with Gasteiger partial charge >= 0.3 is 0 Å². The van der Waals surface area contributed by atoms with E-state index < -0.39 is 6.23 Å². The summed E-state index contributed by atoms with van der Waals surface area (Å²) in [5.41, 5.74) is 2.97. The average molecular weight is 295 g/mol. The van der Waals surface area contributed by atoms with Crippen molar-refractivity contribution < 1.29 is 5.11 Å². The largest absolute Gasteiger partial charge is 0.377 e. The van der Waals surface area contributed by atoms with E-state index in [1.807, 2.05) is 30.3 Å². The molecule has 1 atom stereocenters. The lowest BCUT2D eigenvalue weighted by Gasteiger charge is -2.31. The van der Waals surface area contributed by atoms with E-state index in [0.717, 1.165) is 41.1 Å². The lowest BCUT2D eigenvalue weighted by atomic mass is 10.1. The Bertz CT molecular complexity index is 800. The van der Waals surface area contributed by atoms with Crippen molar-refractivity contribution >= 4 is 16.7 Å². The summed E-state index contributed by atoms with van der Waals surface area (Å²) in [6.45, 7) is 2.12. The van der Waals surface area contributed by atoms with Crippen molar-refractivity contribution in [2.75, 3.05) is 24.5 Å². The first-order chi connectivity index (χ1) is 10.8. The van der Waals surface area contributed by atoms with Crippen LogP contribution >= 0.6 is 0 Å². The summed E-state index contributed by atoms with van der Waals surface area (Å²) in [4.78, 5) is 6.52. The number of H-pyrrole nitrogens is 1. The van der Waals surface area contributed by atoms with Gasteiger partial charge in [-0.15, -0.1) is 0 Å². The number of aliphatic hydroxyl groups excluding tert-OH is 1. The number of nitrogens with zero attached hydrogens (tertiary/aromatic N) is 3. The highest BCUT2D eigenvalue weighted by Crippen LogP contribution is 2.28. The van der Waals surface area contributed by atoms with Crippen molar-refractivity contribution in [2.24, 2.45) is 0 Å². The molecule has 1 aliphatic rings. The predicted octanol–water partition coefficient (Wildman–Crippen LogP) is 1.35. The lowest BCUT2D eigenvalue weighted by molar-refractivity contribution is 0.131. The summed E-state index contributed by atoms with van der Waals surface area (Å²) < 4.78 is 0. The summed E-state index contributed by atoms with van der Waals surface area (Å²) in [7, 11) is 0. The van der Waals surface area contributed by atoms with Gasteiger partial charge in [-0.2, -0.15) is 5.10 Å². The van der Waals surface area contributed by atoms with Crippen LogP contribution in [0.5, 0.6) is 0 Å². The molecule has 0 amide bonds. The molecule has 0 bridgehead atoms. The number of piperazine rings is 1. The second-order valence-corrected chi connectivity index (χ2v) is 5.44. The minimum atomic E-state index is -0.509. The summed E-state index contributed by atoms with van der Waals surface area (Å²) >= 11 is 0. The summed E-state index contributed by atoms with van der Waals surface area (Å²) in [5.74, 6) is 0.866. The molecule has 0 radical (unpaired) electrons. The molecule has 1 unspecified atom stereocenters. The number of rotatable bonds is 2. The molecule has 1 saturated heterocycles. The van der Waals surface area contributed by atoms with Crippen molar-refractivity contribution in [1.82, 2.24) is 20.5 Å². The fourth-order valence-corrected chi connectivity index (χ4v) is 2.86. The zero-order chi connectivity index (χ0) is 14.9. The van der Waals surface area contributed by atoms with Gasteiger partial charge < -0.3 is 10.0 Å². The molecule has 0 spiro atoms. The van der Waals surface area contributed by atoms with Crippen LogP contribution in [0.4, 0.5) is 5.82 Å². The molecule has 3 N–H and O–H groups in total. The highest BCUT2D eigenvalue weighted by Gasteiger charge is 2.19. The van der Waals surface area contributed by atoms with Gasteiger partial charge in [0.2, 0.25) is 0 Å². The van der Waals surface area contributed by atoms with Gasteiger partial charge in [0.1, 0.15) is 17.7 Å². The number of aromatic amines is 1. The monoisotopic (exact) mass is 295 g/mol. The molecule has 4 rings (SSSR count). The number of fused-ring (bicyclic) bond motifs is 1. The zero-order valence-electron chi connectivity index (χ0n) is 12.0. The van der Waals surface area contributed by atoms with Gasteiger partial charge in [0, 0.05) is 30.2 Å². The second-order valence-electron chi connectivity index (χ2n) is 5.44. The van der Waals surface area contributed by atoms with Gasteiger partial charge in [-0.25, -0.2) is 4.98 Å². The lowest BCUT2D eigenvalue weighted by Crippen LogP contribution is -2.50. The smallest absolute Gasteiger partial charge is 0.129 e. The standard InChI is InChI=1S/C16H17N5O/c22-15-10-21(8-7-18-15)14-9-11(5-6-17-14)16-12-3-1-2-4-13(12)19-20-16/h1-6,9,15,18,22H,7-8,10H2,(H,19,20). The quantitative estimate of drug-likeness (QED) is 0.665. The first-order valence-corrected chi connectivity index (χ1v) is 7.37. The molecule has 1 aliphatic heterocycles. The molecule has 1 aromatic carbocycles. The number of aliphatic hydroxyl groups is 1. The number of β-amino-alcohol motifs (C(OH)–C–C–N with tert-alkyl or cyclic N) is 1. The molecule has 3 heterocycles. The molecule has 0 saturated carbocycles. The van der Waals surface area contributed by atoms with Crippen LogP contribution in [-0.4, -0.2) is 46.2 Å². The molecule has 112 valence electrons. The third kappa shape index (κ3) is 2.32. The van der Waals surface area contributed by atoms with Gasteiger partial charge in [-0.05, 0) is 18.2 Å². The number of hydrogen-bond donors (Lipinski definition) is 3. The number of hydrogen-bond acceptors (Lipinski definition) is 5. The third-order valence-corrected chi connectivity index (χ3v) is 3.97. The zero-order valence-corrected chi connectivity index (χ0v) is 12.0. The van der Waals surface area contributed by atoms with E-state index >= 15 is 0 Å². The predicted molar refractivity (Wildman–Crippen MR) is 85.5 cm³/mol. The van der Waals surface area contributed by atoms with Crippen molar-refractivity contribution in [2.45, 2.75) is 6.23 Å². The van der Waals surface area contributed by atoms with Crippen molar-refractivity contribution in [3.05, 3.63) is 42.6 Å². The Labute approximate surface area is 127 Å². The number of anilines is 1. The fourth-order valence-electron chi connectivity index (χ4n) is 2.86. The Hall–Kier alpha value is -2.44. The molecule has 0 aliphatic carbocycles. The fraction of sp³-hybridized carbons (Fsp3) is 0.250. The van der Waals surface area contributed by atoms with Crippen molar-refractivity contribution in [1.29, 1.82) is 0 Å². The van der Waals surface area contributed by atoms with Crippen LogP contribution in [0.25, 0.3) is 22.2 Å². The maximum Gasteiger partial charge on any atom is 0.129 e. The Kier molecular flexibility index (Phi) is 3.25. The molecule has 2 aromatic heterocycles. The van der Waals surface area contributed by atoms with E-state index in [-0.39, 0.29) is 0 Å². The van der Waals surface area contributed by atoms with Crippen LogP contribution in [0.2, 0.25) is 0 Å². The molecular formula is C16H17N5O. The summed E-state index contributed by atoms with van der Waals surface area (Å²) in [6, 6.07) is 12.1. The molecule has 6 heteroatoms. The van der Waals surface area contributed by atoms with Crippen LogP contribution in [0.15, 0.2) is 42.6 Å². The molecule has 6 nitrogen and oxygen atoms in total. The Morgan fingerprint density at radius 3 is 3.05 bits per heavy atom. The van der Waals surface area contributed by atoms with E-state index in [0.29, 0.717) is 6.54 Å². The first kappa shape index (κ1) is 13.2. The van der Waals surface area contributed by atoms with Crippen LogP contribution in [0, 0.1) is 0 Å². The van der Waals surface area contributed by atoms with E-state index in [2.05, 4.69) is 31.5 Å². The van der Waals surface area contributed by atoms with Gasteiger partial charge in [-0.1, -0.05) is 18.2 Å². The van der Waals surface area contributed by atoms with Crippen LogP contribution in [-0.2, 0) is 0 Å². The topological polar surface area (TPSA) is 77.1 Å². The van der Waals surface area contributed by atoms with Crippen molar-refractivity contribution in [3.63, 3.8) is 0 Å². The minimum Gasteiger partial charge on any atom is -0.377 e. The number of pyridine rings is 1. The Balaban J connectivity index is 1.72. The van der Waals surface area contributed by atoms with E-state index in [1.165, 1.54) is 0 Å². The van der Waals surface area contributed by atoms with Gasteiger partial charge in [0.15, 0.2) is 0 Å². The van der Waals surface area contributed by atoms with Crippen LogP contribution in [0.1, 0.15) is 0 Å². The summed E-state index contributed by atoms with van der Waals surface area (Å²) in [6.07, 6.45) is 1.29. The Morgan fingerprint density at radius 1 is 1.23 bits per heavy atom. The Morgan fingerprint density at radius 2 is 2.14 bits per heavy atom. The van der Waals surface area contributed by atoms with Crippen LogP contribution < -0.4 is 10.2 Å². The van der Waals surface area contributed by atoms with Gasteiger partial charge in [0.05, 0.1) is 12.1 Å².